The van der Waals surface area contributed by atoms with Crippen LogP contribution < -0.4 is 10.6 Å². The number of H-pyrrole nitrogens is 2. The molecule has 2 amide bonds. The Morgan fingerprint density at radius 1 is 0.929 bits per heavy atom. The fraction of sp³-hybridized carbons (Fsp3) is 0.281. The standard InChI is InChI=1S/C32H36N8O2/c1-3-40(4-2)18-17-30(41)35-29(19-24-21-33-28-12-8-7-10-26(24)28)32(42)34-20-22-13-15-23(16-14-22)25-9-5-6-11-27(25)31-36-38-39-37-31/h5-16,21,29,33H,3-4,17-20H2,1-2H3,(H,34,42)(H,35,41)(H,36,37,38,39). The van der Waals surface area contributed by atoms with Gasteiger partial charge in [0.25, 0.3) is 0 Å². The molecule has 10 nitrogen and oxygen atoms in total. The van der Waals surface area contributed by atoms with Crippen LogP contribution in [-0.4, -0.2) is 68.0 Å². The van der Waals surface area contributed by atoms with Crippen molar-refractivity contribution in [3.8, 4) is 22.5 Å². The van der Waals surface area contributed by atoms with Gasteiger partial charge in [0.15, 0.2) is 0 Å². The third-order valence-electron chi connectivity index (χ3n) is 7.55. The first-order valence-electron chi connectivity index (χ1n) is 14.3. The molecule has 0 aliphatic rings. The highest BCUT2D eigenvalue weighted by molar-refractivity contribution is 5.89. The predicted molar refractivity (Wildman–Crippen MR) is 163 cm³/mol. The Bertz CT molecular complexity index is 1610. The first kappa shape index (κ1) is 28.7. The van der Waals surface area contributed by atoms with Crippen molar-refractivity contribution in [2.24, 2.45) is 0 Å². The molecule has 1 unspecified atom stereocenters. The van der Waals surface area contributed by atoms with Crippen molar-refractivity contribution < 1.29 is 9.59 Å². The van der Waals surface area contributed by atoms with E-state index < -0.39 is 6.04 Å². The fourth-order valence-corrected chi connectivity index (χ4v) is 5.12. The first-order chi connectivity index (χ1) is 20.6. The summed E-state index contributed by atoms with van der Waals surface area (Å²) in [6, 6.07) is 23.1. The minimum Gasteiger partial charge on any atom is -0.361 e. The van der Waals surface area contributed by atoms with Crippen molar-refractivity contribution in [1.29, 1.82) is 0 Å². The van der Waals surface area contributed by atoms with E-state index in [1.54, 1.807) is 0 Å². The van der Waals surface area contributed by atoms with E-state index in [9.17, 15) is 9.59 Å². The third kappa shape index (κ3) is 6.90. The minimum absolute atomic E-state index is 0.133. The molecule has 5 rings (SSSR count). The lowest BCUT2D eigenvalue weighted by Crippen LogP contribution is -2.48. The maximum atomic E-state index is 13.5. The number of nitrogens with zero attached hydrogens (tertiary/aromatic N) is 4. The van der Waals surface area contributed by atoms with E-state index in [2.05, 4.69) is 55.0 Å². The monoisotopic (exact) mass is 564 g/mol. The summed E-state index contributed by atoms with van der Waals surface area (Å²) < 4.78 is 0. The van der Waals surface area contributed by atoms with Gasteiger partial charge in [0.1, 0.15) is 6.04 Å². The number of fused-ring (bicyclic) bond motifs is 1. The summed E-state index contributed by atoms with van der Waals surface area (Å²) in [7, 11) is 0. The Morgan fingerprint density at radius 3 is 2.40 bits per heavy atom. The van der Waals surface area contributed by atoms with Crippen LogP contribution in [0.4, 0.5) is 0 Å². The molecule has 5 aromatic rings. The van der Waals surface area contributed by atoms with Gasteiger partial charge >= 0.3 is 0 Å². The lowest BCUT2D eigenvalue weighted by molar-refractivity contribution is -0.129. The molecule has 0 aliphatic carbocycles. The van der Waals surface area contributed by atoms with Crippen LogP contribution in [0.15, 0.2) is 79.0 Å². The molecule has 0 aliphatic heterocycles. The average molecular weight is 565 g/mol. The van der Waals surface area contributed by atoms with Gasteiger partial charge in [-0.3, -0.25) is 9.59 Å². The normalized spacial score (nSPS) is 12.0. The summed E-state index contributed by atoms with van der Waals surface area (Å²) in [5.74, 6) is 0.178. The van der Waals surface area contributed by atoms with Gasteiger partial charge in [-0.05, 0) is 46.6 Å². The topological polar surface area (TPSA) is 132 Å². The zero-order chi connectivity index (χ0) is 29.3. The molecule has 0 saturated heterocycles. The van der Waals surface area contributed by atoms with E-state index in [1.165, 1.54) is 0 Å². The van der Waals surface area contributed by atoms with E-state index in [4.69, 9.17) is 0 Å². The van der Waals surface area contributed by atoms with Gasteiger partial charge in [-0.2, -0.15) is 5.21 Å². The van der Waals surface area contributed by atoms with Crippen LogP contribution in [0.25, 0.3) is 33.4 Å². The van der Waals surface area contributed by atoms with Crippen LogP contribution in [0.2, 0.25) is 0 Å². The number of rotatable bonds is 13. The predicted octanol–water partition coefficient (Wildman–Crippen LogP) is 4.09. The quantitative estimate of drug-likeness (QED) is 0.170. The SMILES string of the molecule is CCN(CC)CCC(=O)NC(Cc1c[nH]c2ccccc12)C(=O)NCc1ccc(-c2ccccc2-c2nn[nH]n2)cc1. The van der Waals surface area contributed by atoms with Crippen LogP contribution in [0.3, 0.4) is 0 Å². The molecule has 216 valence electrons. The highest BCUT2D eigenvalue weighted by atomic mass is 16.2. The van der Waals surface area contributed by atoms with Crippen molar-refractivity contribution >= 4 is 22.7 Å². The number of aromatic amines is 2. The minimum atomic E-state index is -0.700. The van der Waals surface area contributed by atoms with Gasteiger partial charge in [-0.15, -0.1) is 10.2 Å². The number of aromatic nitrogens is 5. The van der Waals surface area contributed by atoms with Crippen molar-refractivity contribution in [1.82, 2.24) is 41.1 Å². The lowest BCUT2D eigenvalue weighted by Gasteiger charge is -2.21. The second-order valence-electron chi connectivity index (χ2n) is 10.2. The summed E-state index contributed by atoms with van der Waals surface area (Å²) in [4.78, 5) is 31.8. The number of tetrazole rings is 1. The number of amides is 2. The van der Waals surface area contributed by atoms with Crippen LogP contribution >= 0.6 is 0 Å². The molecule has 3 aromatic carbocycles. The first-order valence-corrected chi connectivity index (χ1v) is 14.3. The summed E-state index contributed by atoms with van der Waals surface area (Å²) in [6.45, 7) is 6.91. The zero-order valence-corrected chi connectivity index (χ0v) is 23.9. The molecular weight excluding hydrogens is 528 g/mol. The summed E-state index contributed by atoms with van der Waals surface area (Å²) >= 11 is 0. The number of carbonyl (C=O) groups excluding carboxylic acids is 2. The zero-order valence-electron chi connectivity index (χ0n) is 23.9. The lowest BCUT2D eigenvalue weighted by atomic mass is 9.98. The Balaban J connectivity index is 1.27. The molecule has 0 spiro atoms. The summed E-state index contributed by atoms with van der Waals surface area (Å²) in [6.07, 6.45) is 2.64. The maximum Gasteiger partial charge on any atom is 0.243 e. The van der Waals surface area contributed by atoms with Crippen molar-refractivity contribution in [2.45, 2.75) is 39.3 Å². The second-order valence-corrected chi connectivity index (χ2v) is 10.2. The third-order valence-corrected chi connectivity index (χ3v) is 7.55. The number of nitrogens with one attached hydrogen (secondary N) is 4. The second kappa shape index (κ2) is 13.7. The van der Waals surface area contributed by atoms with Crippen molar-refractivity contribution in [3.63, 3.8) is 0 Å². The summed E-state index contributed by atoms with van der Waals surface area (Å²) in [5, 5.41) is 21.5. The molecular formula is C32H36N8O2. The Morgan fingerprint density at radius 2 is 1.67 bits per heavy atom. The van der Waals surface area contributed by atoms with E-state index in [-0.39, 0.29) is 11.8 Å². The molecule has 10 heteroatoms. The Kier molecular flexibility index (Phi) is 9.35. The fourth-order valence-electron chi connectivity index (χ4n) is 5.12. The smallest absolute Gasteiger partial charge is 0.243 e. The van der Waals surface area contributed by atoms with Crippen LogP contribution in [0.5, 0.6) is 0 Å². The number of benzene rings is 3. The van der Waals surface area contributed by atoms with E-state index >= 15 is 0 Å². The largest absolute Gasteiger partial charge is 0.361 e. The maximum absolute atomic E-state index is 13.5. The molecule has 2 aromatic heterocycles. The van der Waals surface area contributed by atoms with Gasteiger partial charge < -0.3 is 20.5 Å². The van der Waals surface area contributed by atoms with Crippen LogP contribution in [-0.2, 0) is 22.6 Å². The average Bonchev–Trinajstić information content (AvgIpc) is 3.71. The molecule has 0 bridgehead atoms. The Labute approximate surface area is 244 Å². The Hall–Kier alpha value is -4.83. The molecule has 42 heavy (non-hydrogen) atoms. The highest BCUT2D eigenvalue weighted by Gasteiger charge is 2.23. The number of carbonyl (C=O) groups is 2. The van der Waals surface area contributed by atoms with Crippen LogP contribution in [0.1, 0.15) is 31.4 Å². The van der Waals surface area contributed by atoms with Gasteiger partial charge in [-0.25, -0.2) is 0 Å². The molecule has 0 saturated carbocycles. The number of para-hydroxylation sites is 1. The van der Waals surface area contributed by atoms with E-state index in [0.29, 0.717) is 31.8 Å². The van der Waals surface area contributed by atoms with Crippen molar-refractivity contribution in [2.75, 3.05) is 19.6 Å². The summed E-state index contributed by atoms with van der Waals surface area (Å²) in [5.41, 5.74) is 5.80. The molecule has 2 heterocycles. The molecule has 0 radical (unpaired) electrons. The van der Waals surface area contributed by atoms with Gasteiger partial charge in [-0.1, -0.05) is 80.6 Å². The van der Waals surface area contributed by atoms with Crippen molar-refractivity contribution in [3.05, 3.63) is 90.1 Å². The van der Waals surface area contributed by atoms with Crippen LogP contribution in [0, 0.1) is 0 Å². The molecule has 4 N–H and O–H groups in total. The van der Waals surface area contributed by atoms with Gasteiger partial charge in [0, 0.05) is 48.6 Å². The molecule has 0 fully saturated rings. The number of hydrogen-bond donors (Lipinski definition) is 4. The highest BCUT2D eigenvalue weighted by Crippen LogP contribution is 2.29. The van der Waals surface area contributed by atoms with Gasteiger partial charge in [0.05, 0.1) is 0 Å². The van der Waals surface area contributed by atoms with Gasteiger partial charge in [0.2, 0.25) is 17.6 Å². The van der Waals surface area contributed by atoms with E-state index in [1.807, 2.05) is 79.0 Å². The molecule has 1 atom stereocenters. The van der Waals surface area contributed by atoms with E-state index in [0.717, 1.165) is 51.8 Å². The number of hydrogen-bond acceptors (Lipinski definition) is 6.